The van der Waals surface area contributed by atoms with Crippen molar-refractivity contribution >= 4 is 11.6 Å². The topological polar surface area (TPSA) is 50.8 Å². The first-order chi connectivity index (χ1) is 11.7. The summed E-state index contributed by atoms with van der Waals surface area (Å²) in [6, 6.07) is 5.43. The van der Waals surface area contributed by atoms with Gasteiger partial charge in [-0.05, 0) is 43.4 Å². The maximum atomic E-state index is 12.5. The lowest BCUT2D eigenvalue weighted by atomic mass is 9.75. The highest BCUT2D eigenvalue weighted by Crippen LogP contribution is 2.36. The van der Waals surface area contributed by atoms with E-state index >= 15 is 0 Å². The molecule has 2 fully saturated rings. The normalized spacial score (nSPS) is 24.1. The molecule has 1 aliphatic heterocycles. The van der Waals surface area contributed by atoms with Crippen molar-refractivity contribution < 1.29 is 14.3 Å². The SMILES string of the molecule is COc1ccc(OC)c(NC(=O)CN2CC[C@@H]3CCCC[C@@H]3C2)c1. The smallest absolute Gasteiger partial charge is 0.238 e. The van der Waals surface area contributed by atoms with Crippen LogP contribution in [-0.2, 0) is 4.79 Å². The molecule has 0 bridgehead atoms. The number of likely N-dealkylation sites (tertiary alicyclic amines) is 1. The molecule has 5 heteroatoms. The monoisotopic (exact) mass is 332 g/mol. The van der Waals surface area contributed by atoms with Crippen molar-refractivity contribution in [3.63, 3.8) is 0 Å². The Morgan fingerprint density at radius 2 is 1.96 bits per heavy atom. The molecule has 0 radical (unpaired) electrons. The summed E-state index contributed by atoms with van der Waals surface area (Å²) in [5, 5.41) is 2.97. The molecule has 1 saturated carbocycles. The van der Waals surface area contributed by atoms with Crippen LogP contribution in [-0.4, -0.2) is 44.7 Å². The fraction of sp³-hybridized carbons (Fsp3) is 0.632. The highest BCUT2D eigenvalue weighted by atomic mass is 16.5. The highest BCUT2D eigenvalue weighted by molar-refractivity contribution is 5.94. The molecule has 1 heterocycles. The summed E-state index contributed by atoms with van der Waals surface area (Å²) in [6.07, 6.45) is 6.68. The van der Waals surface area contributed by atoms with E-state index in [2.05, 4.69) is 10.2 Å². The molecule has 5 nitrogen and oxygen atoms in total. The summed E-state index contributed by atoms with van der Waals surface area (Å²) in [5.41, 5.74) is 0.661. The summed E-state index contributed by atoms with van der Waals surface area (Å²) in [6.45, 7) is 2.54. The fourth-order valence-corrected chi connectivity index (χ4v) is 4.12. The van der Waals surface area contributed by atoms with Gasteiger partial charge in [-0.25, -0.2) is 0 Å². The predicted octanol–water partition coefficient (Wildman–Crippen LogP) is 3.15. The third-order valence-electron chi connectivity index (χ3n) is 5.42. The minimum absolute atomic E-state index is 0.0100. The molecule has 0 spiro atoms. The molecule has 1 aromatic carbocycles. The van der Waals surface area contributed by atoms with Crippen molar-refractivity contribution in [2.75, 3.05) is 39.2 Å². The van der Waals surface area contributed by atoms with Crippen LogP contribution in [0.5, 0.6) is 11.5 Å². The van der Waals surface area contributed by atoms with E-state index in [1.54, 1.807) is 20.3 Å². The van der Waals surface area contributed by atoms with E-state index in [0.717, 1.165) is 24.9 Å². The fourth-order valence-electron chi connectivity index (χ4n) is 4.12. The van der Waals surface area contributed by atoms with Crippen molar-refractivity contribution in [2.45, 2.75) is 32.1 Å². The first-order valence-electron chi connectivity index (χ1n) is 8.94. The zero-order valence-corrected chi connectivity index (χ0v) is 14.7. The van der Waals surface area contributed by atoms with E-state index in [-0.39, 0.29) is 5.91 Å². The van der Waals surface area contributed by atoms with Gasteiger partial charge in [0, 0.05) is 12.6 Å². The number of nitrogens with one attached hydrogen (secondary N) is 1. The van der Waals surface area contributed by atoms with Gasteiger partial charge >= 0.3 is 0 Å². The number of nitrogens with zero attached hydrogens (tertiary/aromatic N) is 1. The van der Waals surface area contributed by atoms with E-state index in [1.165, 1.54) is 32.1 Å². The quantitative estimate of drug-likeness (QED) is 0.900. The standard InChI is InChI=1S/C19H28N2O3/c1-23-16-7-8-18(24-2)17(11-16)20-19(22)13-21-10-9-14-5-3-4-6-15(14)12-21/h7-8,11,14-15H,3-6,9-10,12-13H2,1-2H3,(H,20,22)/t14-,15+/m0/s1. The first kappa shape index (κ1) is 17.1. The molecule has 24 heavy (non-hydrogen) atoms. The second-order valence-corrected chi connectivity index (χ2v) is 6.94. The number of carbonyl (C=O) groups is 1. The molecule has 0 aromatic heterocycles. The number of hydrogen-bond donors (Lipinski definition) is 1. The van der Waals surface area contributed by atoms with Gasteiger partial charge in [-0.2, -0.15) is 0 Å². The summed E-state index contributed by atoms with van der Waals surface area (Å²) >= 11 is 0. The molecule has 0 unspecified atom stereocenters. The van der Waals surface area contributed by atoms with Crippen LogP contribution in [0.3, 0.4) is 0 Å². The van der Waals surface area contributed by atoms with Crippen molar-refractivity contribution in [1.29, 1.82) is 0 Å². The van der Waals surface area contributed by atoms with Crippen LogP contribution < -0.4 is 14.8 Å². The molecular formula is C19H28N2O3. The number of piperidine rings is 1. The summed E-state index contributed by atoms with van der Waals surface area (Å²) < 4.78 is 10.6. The van der Waals surface area contributed by atoms with Gasteiger partial charge in [0.05, 0.1) is 26.5 Å². The maximum Gasteiger partial charge on any atom is 0.238 e. The van der Waals surface area contributed by atoms with Gasteiger partial charge in [-0.1, -0.05) is 19.3 Å². The van der Waals surface area contributed by atoms with Crippen molar-refractivity contribution in [2.24, 2.45) is 11.8 Å². The van der Waals surface area contributed by atoms with Crippen LogP contribution in [0.2, 0.25) is 0 Å². The molecule has 1 aromatic rings. The average molecular weight is 332 g/mol. The molecule has 2 atom stereocenters. The van der Waals surface area contributed by atoms with Gasteiger partial charge in [-0.15, -0.1) is 0 Å². The largest absolute Gasteiger partial charge is 0.497 e. The van der Waals surface area contributed by atoms with Crippen LogP contribution in [0, 0.1) is 11.8 Å². The van der Waals surface area contributed by atoms with E-state index in [1.807, 2.05) is 12.1 Å². The Kier molecular flexibility index (Phi) is 5.61. The second-order valence-electron chi connectivity index (χ2n) is 6.94. The zero-order valence-electron chi connectivity index (χ0n) is 14.7. The van der Waals surface area contributed by atoms with Crippen molar-refractivity contribution in [3.05, 3.63) is 18.2 Å². The number of carbonyl (C=O) groups excluding carboxylic acids is 1. The van der Waals surface area contributed by atoms with E-state index in [4.69, 9.17) is 9.47 Å². The highest BCUT2D eigenvalue weighted by Gasteiger charge is 2.31. The van der Waals surface area contributed by atoms with Crippen LogP contribution in [0.4, 0.5) is 5.69 Å². The van der Waals surface area contributed by atoms with Crippen LogP contribution >= 0.6 is 0 Å². The molecule has 2 aliphatic rings. The van der Waals surface area contributed by atoms with Crippen molar-refractivity contribution in [1.82, 2.24) is 4.90 Å². The van der Waals surface area contributed by atoms with Gasteiger partial charge < -0.3 is 14.8 Å². The summed E-state index contributed by atoms with van der Waals surface area (Å²) in [7, 11) is 3.22. The lowest BCUT2D eigenvalue weighted by Crippen LogP contribution is -2.44. The molecular weight excluding hydrogens is 304 g/mol. The van der Waals surface area contributed by atoms with Crippen LogP contribution in [0.15, 0.2) is 18.2 Å². The Labute approximate surface area is 144 Å². The molecule has 1 saturated heterocycles. The number of benzene rings is 1. The average Bonchev–Trinajstić information content (AvgIpc) is 2.61. The Bertz CT molecular complexity index is 576. The Balaban J connectivity index is 1.57. The Morgan fingerprint density at radius 3 is 2.71 bits per heavy atom. The molecule has 1 N–H and O–H groups in total. The van der Waals surface area contributed by atoms with E-state index in [0.29, 0.717) is 23.7 Å². The van der Waals surface area contributed by atoms with Gasteiger partial charge in [0.1, 0.15) is 11.5 Å². The minimum atomic E-state index is 0.0100. The zero-order chi connectivity index (χ0) is 16.9. The number of methoxy groups -OCH3 is 2. The minimum Gasteiger partial charge on any atom is -0.497 e. The van der Waals surface area contributed by atoms with Crippen LogP contribution in [0.25, 0.3) is 0 Å². The lowest BCUT2D eigenvalue weighted by molar-refractivity contribution is -0.118. The predicted molar refractivity (Wildman–Crippen MR) is 94.7 cm³/mol. The van der Waals surface area contributed by atoms with E-state index < -0.39 is 0 Å². The third-order valence-corrected chi connectivity index (χ3v) is 5.42. The molecule has 1 aliphatic carbocycles. The van der Waals surface area contributed by atoms with E-state index in [9.17, 15) is 4.79 Å². The maximum absolute atomic E-state index is 12.5. The lowest BCUT2D eigenvalue weighted by Gasteiger charge is -2.41. The molecule has 132 valence electrons. The number of amides is 1. The summed E-state index contributed by atoms with van der Waals surface area (Å²) in [4.78, 5) is 14.8. The second kappa shape index (κ2) is 7.88. The number of ether oxygens (including phenoxy) is 2. The summed E-state index contributed by atoms with van der Waals surface area (Å²) in [5.74, 6) is 3.03. The third kappa shape index (κ3) is 4.01. The van der Waals surface area contributed by atoms with Crippen LogP contribution in [0.1, 0.15) is 32.1 Å². The molecule has 1 amide bonds. The number of fused-ring (bicyclic) bond motifs is 1. The van der Waals surface area contributed by atoms with Gasteiger partial charge in [0.25, 0.3) is 0 Å². The van der Waals surface area contributed by atoms with Gasteiger partial charge in [0.15, 0.2) is 0 Å². The van der Waals surface area contributed by atoms with Crippen molar-refractivity contribution in [3.8, 4) is 11.5 Å². The number of hydrogen-bond acceptors (Lipinski definition) is 4. The van der Waals surface area contributed by atoms with Gasteiger partial charge in [-0.3, -0.25) is 9.69 Å². The molecule has 3 rings (SSSR count). The Morgan fingerprint density at radius 1 is 1.17 bits per heavy atom. The Hall–Kier alpha value is -1.75. The van der Waals surface area contributed by atoms with Gasteiger partial charge in [0.2, 0.25) is 5.91 Å². The number of anilines is 1. The first-order valence-corrected chi connectivity index (χ1v) is 8.94. The number of rotatable bonds is 5.